The predicted octanol–water partition coefficient (Wildman–Crippen LogP) is 2.46. The molecule has 98 valence electrons. The van der Waals surface area contributed by atoms with Crippen LogP contribution in [0.25, 0.3) is 0 Å². The summed E-state index contributed by atoms with van der Waals surface area (Å²) in [5, 5.41) is 10.7. The van der Waals surface area contributed by atoms with Crippen LogP contribution >= 0.6 is 0 Å². The van der Waals surface area contributed by atoms with E-state index in [9.17, 15) is 19.7 Å². The Morgan fingerprint density at radius 3 is 2.35 bits per heavy atom. The molecule has 6 nitrogen and oxygen atoms in total. The number of anilines is 2. The highest BCUT2D eigenvalue weighted by molar-refractivity contribution is 6.53. The first-order chi connectivity index (χ1) is 9.59. The zero-order chi connectivity index (χ0) is 14.3. The molecule has 3 rings (SSSR count). The molecule has 0 radical (unpaired) electrons. The minimum Gasteiger partial charge on any atom is -0.283 e. The van der Waals surface area contributed by atoms with Crippen LogP contribution in [0.2, 0.25) is 0 Å². The van der Waals surface area contributed by atoms with Gasteiger partial charge in [0.05, 0.1) is 16.2 Å². The number of benzene rings is 2. The van der Waals surface area contributed by atoms with Crippen LogP contribution < -0.4 is 4.90 Å². The fraction of sp³-hybridized carbons (Fsp3) is 0. The van der Waals surface area contributed by atoms with Crippen molar-refractivity contribution in [1.82, 2.24) is 0 Å². The average molecular weight is 268 g/mol. The molecule has 6 heteroatoms. The SMILES string of the molecule is O=C1C(=O)N(c2ccccc2)c2ccc([N+](=O)[O-])cc21. The highest BCUT2D eigenvalue weighted by Gasteiger charge is 2.37. The van der Waals surface area contributed by atoms with Gasteiger partial charge in [-0.15, -0.1) is 0 Å². The van der Waals surface area contributed by atoms with Crippen LogP contribution in [-0.4, -0.2) is 16.6 Å². The zero-order valence-corrected chi connectivity index (χ0v) is 10.1. The normalized spacial score (nSPS) is 13.5. The summed E-state index contributed by atoms with van der Waals surface area (Å²) < 4.78 is 0. The molecule has 0 saturated heterocycles. The molecular formula is C14H8N2O4. The first-order valence-corrected chi connectivity index (χ1v) is 5.82. The first kappa shape index (κ1) is 12.0. The van der Waals surface area contributed by atoms with E-state index in [-0.39, 0.29) is 11.3 Å². The summed E-state index contributed by atoms with van der Waals surface area (Å²) in [5.41, 5.74) is 0.781. The molecular weight excluding hydrogens is 260 g/mol. The Bertz CT molecular complexity index is 740. The predicted molar refractivity (Wildman–Crippen MR) is 71.0 cm³/mol. The van der Waals surface area contributed by atoms with E-state index in [2.05, 4.69) is 0 Å². The van der Waals surface area contributed by atoms with E-state index in [1.165, 1.54) is 17.0 Å². The van der Waals surface area contributed by atoms with Crippen molar-refractivity contribution in [3.05, 3.63) is 64.2 Å². The molecule has 0 aliphatic carbocycles. The number of hydrogen-bond acceptors (Lipinski definition) is 4. The summed E-state index contributed by atoms with van der Waals surface area (Å²) in [6, 6.07) is 12.5. The molecule has 1 aliphatic heterocycles. The average Bonchev–Trinajstić information content (AvgIpc) is 2.71. The van der Waals surface area contributed by atoms with Gasteiger partial charge in [-0.25, -0.2) is 0 Å². The number of carbonyl (C=O) groups is 2. The second-order valence-electron chi connectivity index (χ2n) is 4.26. The third-order valence-corrected chi connectivity index (χ3v) is 3.09. The maximum Gasteiger partial charge on any atom is 0.304 e. The Hall–Kier alpha value is -3.02. The van der Waals surface area contributed by atoms with E-state index in [4.69, 9.17) is 0 Å². The fourth-order valence-corrected chi connectivity index (χ4v) is 2.17. The Kier molecular flexibility index (Phi) is 2.57. The van der Waals surface area contributed by atoms with Crippen LogP contribution in [0.4, 0.5) is 17.1 Å². The standard InChI is InChI=1S/C14H8N2O4/c17-13-11-8-10(16(19)20)6-7-12(11)15(14(13)18)9-4-2-1-3-5-9/h1-8H. The number of hydrogen-bond donors (Lipinski definition) is 0. The molecule has 0 unspecified atom stereocenters. The molecule has 2 aromatic carbocycles. The molecule has 0 atom stereocenters. The lowest BCUT2D eigenvalue weighted by molar-refractivity contribution is -0.384. The van der Waals surface area contributed by atoms with Crippen molar-refractivity contribution in [2.75, 3.05) is 4.90 Å². The molecule has 0 spiro atoms. The van der Waals surface area contributed by atoms with E-state index in [1.54, 1.807) is 30.3 Å². The van der Waals surface area contributed by atoms with Gasteiger partial charge in [-0.2, -0.15) is 0 Å². The molecule has 0 fully saturated rings. The highest BCUT2D eigenvalue weighted by atomic mass is 16.6. The number of para-hydroxylation sites is 1. The molecule has 0 aromatic heterocycles. The van der Waals surface area contributed by atoms with Crippen molar-refractivity contribution in [3.63, 3.8) is 0 Å². The molecule has 1 heterocycles. The largest absolute Gasteiger partial charge is 0.304 e. The van der Waals surface area contributed by atoms with E-state index in [1.807, 2.05) is 0 Å². The van der Waals surface area contributed by atoms with Crippen LogP contribution in [0.5, 0.6) is 0 Å². The minimum atomic E-state index is -0.729. The highest BCUT2D eigenvalue weighted by Crippen LogP contribution is 2.36. The lowest BCUT2D eigenvalue weighted by Crippen LogP contribution is -2.24. The third kappa shape index (κ3) is 1.66. The van der Waals surface area contributed by atoms with E-state index < -0.39 is 16.6 Å². The van der Waals surface area contributed by atoms with Crippen LogP contribution in [0, 0.1) is 10.1 Å². The molecule has 1 aliphatic rings. The van der Waals surface area contributed by atoms with Crippen LogP contribution in [0.3, 0.4) is 0 Å². The number of carbonyl (C=O) groups excluding carboxylic acids is 2. The molecule has 2 aromatic rings. The van der Waals surface area contributed by atoms with Crippen molar-refractivity contribution < 1.29 is 14.5 Å². The fourth-order valence-electron chi connectivity index (χ4n) is 2.17. The monoisotopic (exact) mass is 268 g/mol. The van der Waals surface area contributed by atoms with Gasteiger partial charge in [0.15, 0.2) is 0 Å². The zero-order valence-electron chi connectivity index (χ0n) is 10.1. The topological polar surface area (TPSA) is 80.5 Å². The molecule has 20 heavy (non-hydrogen) atoms. The van der Waals surface area contributed by atoms with Gasteiger partial charge in [0, 0.05) is 17.8 Å². The van der Waals surface area contributed by atoms with Gasteiger partial charge < -0.3 is 0 Å². The summed E-state index contributed by atoms with van der Waals surface area (Å²) in [7, 11) is 0. The van der Waals surface area contributed by atoms with Gasteiger partial charge in [-0.3, -0.25) is 24.6 Å². The summed E-state index contributed by atoms with van der Waals surface area (Å²) in [4.78, 5) is 35.4. The van der Waals surface area contributed by atoms with Crippen molar-refractivity contribution in [2.45, 2.75) is 0 Å². The summed E-state index contributed by atoms with van der Waals surface area (Å²) in [5.74, 6) is -1.43. The van der Waals surface area contributed by atoms with Gasteiger partial charge >= 0.3 is 5.91 Å². The summed E-state index contributed by atoms with van der Waals surface area (Å²) in [6.45, 7) is 0. The number of nitro benzene ring substituents is 1. The number of non-ortho nitro benzene ring substituents is 1. The number of ketones is 1. The minimum absolute atomic E-state index is 0.0630. The molecule has 0 bridgehead atoms. The van der Waals surface area contributed by atoms with Gasteiger partial charge in [0.2, 0.25) is 0 Å². The van der Waals surface area contributed by atoms with E-state index in [0.717, 1.165) is 6.07 Å². The lowest BCUT2D eigenvalue weighted by atomic mass is 10.1. The Balaban J connectivity index is 2.17. The van der Waals surface area contributed by atoms with Gasteiger partial charge in [0.25, 0.3) is 11.5 Å². The van der Waals surface area contributed by atoms with Gasteiger partial charge in [0.1, 0.15) is 0 Å². The maximum absolute atomic E-state index is 12.1. The van der Waals surface area contributed by atoms with Crippen molar-refractivity contribution in [2.24, 2.45) is 0 Å². The van der Waals surface area contributed by atoms with Gasteiger partial charge in [-0.05, 0) is 18.2 Å². The quantitative estimate of drug-likeness (QED) is 0.476. The molecule has 1 amide bonds. The number of nitro groups is 1. The second kappa shape index (κ2) is 4.27. The number of Topliss-reactive ketones (excluding diaryl/α,β-unsaturated/α-hetero) is 1. The van der Waals surface area contributed by atoms with E-state index in [0.29, 0.717) is 11.4 Å². The third-order valence-electron chi connectivity index (χ3n) is 3.09. The maximum atomic E-state index is 12.1. The first-order valence-electron chi connectivity index (χ1n) is 5.82. The second-order valence-corrected chi connectivity index (χ2v) is 4.26. The summed E-state index contributed by atoms with van der Waals surface area (Å²) >= 11 is 0. The Labute approximate surface area is 113 Å². The number of rotatable bonds is 2. The smallest absolute Gasteiger partial charge is 0.283 e. The summed E-state index contributed by atoms with van der Waals surface area (Å²) in [6.07, 6.45) is 0. The number of nitrogens with zero attached hydrogens (tertiary/aromatic N) is 2. The van der Waals surface area contributed by atoms with Crippen LogP contribution in [0.15, 0.2) is 48.5 Å². The Morgan fingerprint density at radius 2 is 1.70 bits per heavy atom. The van der Waals surface area contributed by atoms with Gasteiger partial charge in [-0.1, -0.05) is 18.2 Å². The Morgan fingerprint density at radius 1 is 1.00 bits per heavy atom. The molecule has 0 saturated carbocycles. The van der Waals surface area contributed by atoms with Crippen LogP contribution in [-0.2, 0) is 4.79 Å². The lowest BCUT2D eigenvalue weighted by Gasteiger charge is -2.16. The molecule has 0 N–H and O–H groups in total. The number of amides is 1. The van der Waals surface area contributed by atoms with Crippen molar-refractivity contribution in [3.8, 4) is 0 Å². The number of fused-ring (bicyclic) bond motifs is 1. The van der Waals surface area contributed by atoms with Crippen molar-refractivity contribution in [1.29, 1.82) is 0 Å². The van der Waals surface area contributed by atoms with E-state index >= 15 is 0 Å². The van der Waals surface area contributed by atoms with Crippen molar-refractivity contribution >= 4 is 28.8 Å². The van der Waals surface area contributed by atoms with Crippen LogP contribution in [0.1, 0.15) is 10.4 Å².